The molecule has 0 amide bonds. The van der Waals surface area contributed by atoms with Gasteiger partial charge in [0.05, 0.1) is 5.92 Å². The number of carboxylic acid groups (broad SMARTS) is 1. The maximum Gasteiger partial charge on any atom is 0.309 e. The molecule has 1 aromatic carbocycles. The Morgan fingerprint density at radius 2 is 1.70 bits per heavy atom. The lowest BCUT2D eigenvalue weighted by Crippen LogP contribution is -2.23. The maximum atomic E-state index is 11.0. The van der Waals surface area contributed by atoms with Gasteiger partial charge in [-0.3, -0.25) is 4.79 Å². The van der Waals surface area contributed by atoms with Crippen molar-refractivity contribution >= 4 is 5.97 Å². The molecule has 0 aliphatic carbocycles. The molecule has 0 aromatic heterocycles. The van der Waals surface area contributed by atoms with E-state index in [1.807, 2.05) is 6.07 Å². The fourth-order valence-electron chi connectivity index (χ4n) is 2.29. The summed E-state index contributed by atoms with van der Waals surface area (Å²) in [6, 6.07) is 6.36. The van der Waals surface area contributed by atoms with Crippen molar-refractivity contribution in [3.05, 3.63) is 29.3 Å². The average Bonchev–Trinajstić information content (AvgIpc) is 2.52. The Balaban J connectivity index is 3.22. The summed E-state index contributed by atoms with van der Waals surface area (Å²) in [5.41, 5.74) is 2.57. The van der Waals surface area contributed by atoms with E-state index in [1.165, 1.54) is 5.56 Å². The fraction of sp³-hybridized carbons (Fsp3) is 0.650. The van der Waals surface area contributed by atoms with E-state index in [4.69, 9.17) is 9.84 Å². The molecule has 0 fully saturated rings. The fourth-order valence-corrected chi connectivity index (χ4v) is 2.29. The van der Waals surface area contributed by atoms with Gasteiger partial charge in [-0.05, 0) is 42.2 Å². The second kappa shape index (κ2) is 7.37. The number of aliphatic carboxylic acids is 1. The third-order valence-corrected chi connectivity index (χ3v) is 5.17. The van der Waals surface area contributed by atoms with Crippen molar-refractivity contribution in [2.75, 3.05) is 6.61 Å². The topological polar surface area (TPSA) is 46.5 Å². The second-order valence-electron chi connectivity index (χ2n) is 7.74. The number of hydrogen-bond donors (Lipinski definition) is 1. The van der Waals surface area contributed by atoms with Gasteiger partial charge in [0.1, 0.15) is 12.4 Å². The number of carbonyl (C=O) groups is 1. The monoisotopic (exact) mass is 320 g/mol. The molecule has 0 spiro atoms. The van der Waals surface area contributed by atoms with Crippen LogP contribution >= 0.6 is 0 Å². The van der Waals surface area contributed by atoms with Crippen LogP contribution in [0.3, 0.4) is 0 Å². The lowest BCUT2D eigenvalue weighted by molar-refractivity contribution is -0.142. The highest BCUT2D eigenvalue weighted by Gasteiger charge is 2.27. The number of carboxylic acids is 1. The first-order valence-corrected chi connectivity index (χ1v) is 8.55. The average molecular weight is 320 g/mol. The molecule has 3 heteroatoms. The van der Waals surface area contributed by atoms with E-state index in [0.717, 1.165) is 24.2 Å². The zero-order chi connectivity index (χ0) is 17.8. The van der Waals surface area contributed by atoms with Crippen LogP contribution in [0.2, 0.25) is 0 Å². The van der Waals surface area contributed by atoms with Crippen molar-refractivity contribution in [2.24, 2.45) is 5.92 Å². The maximum absolute atomic E-state index is 11.0. The zero-order valence-electron chi connectivity index (χ0n) is 15.7. The molecule has 0 radical (unpaired) electrons. The summed E-state index contributed by atoms with van der Waals surface area (Å²) in [5.74, 6) is -0.537. The van der Waals surface area contributed by atoms with Crippen LogP contribution in [-0.2, 0) is 15.6 Å². The van der Waals surface area contributed by atoms with Gasteiger partial charge in [-0.25, -0.2) is 0 Å². The lowest BCUT2D eigenvalue weighted by atomic mass is 9.76. The third kappa shape index (κ3) is 4.73. The van der Waals surface area contributed by atoms with E-state index in [9.17, 15) is 4.79 Å². The van der Waals surface area contributed by atoms with E-state index in [1.54, 1.807) is 6.92 Å². The summed E-state index contributed by atoms with van der Waals surface area (Å²) >= 11 is 0. The van der Waals surface area contributed by atoms with Crippen molar-refractivity contribution < 1.29 is 14.6 Å². The lowest BCUT2D eigenvalue weighted by Gasteiger charge is -2.30. The van der Waals surface area contributed by atoms with Crippen LogP contribution in [0.4, 0.5) is 0 Å². The largest absolute Gasteiger partial charge is 0.492 e. The SMILES string of the molecule is CCC(C)(C)c1ccc(OCC(C)C(=O)O)c(C(C)(C)CC)c1. The smallest absolute Gasteiger partial charge is 0.309 e. The molecule has 1 unspecified atom stereocenters. The Hall–Kier alpha value is -1.51. The molecule has 0 bridgehead atoms. The Morgan fingerprint density at radius 3 is 2.17 bits per heavy atom. The van der Waals surface area contributed by atoms with Gasteiger partial charge >= 0.3 is 5.97 Å². The van der Waals surface area contributed by atoms with Crippen molar-refractivity contribution in [1.29, 1.82) is 0 Å². The normalized spacial score (nSPS) is 13.7. The van der Waals surface area contributed by atoms with E-state index in [2.05, 4.69) is 53.7 Å². The molecule has 0 saturated carbocycles. The molecule has 3 nitrogen and oxygen atoms in total. The summed E-state index contributed by atoms with van der Waals surface area (Å²) in [6.07, 6.45) is 2.06. The molecule has 0 heterocycles. The van der Waals surface area contributed by atoms with E-state index < -0.39 is 11.9 Å². The summed E-state index contributed by atoms with van der Waals surface area (Å²) < 4.78 is 5.87. The summed E-state index contributed by atoms with van der Waals surface area (Å²) in [5, 5.41) is 9.04. The van der Waals surface area contributed by atoms with Crippen molar-refractivity contribution in [2.45, 2.75) is 72.1 Å². The van der Waals surface area contributed by atoms with E-state index in [-0.39, 0.29) is 17.4 Å². The van der Waals surface area contributed by atoms with Gasteiger partial charge < -0.3 is 9.84 Å². The van der Waals surface area contributed by atoms with Crippen molar-refractivity contribution in [1.82, 2.24) is 0 Å². The zero-order valence-corrected chi connectivity index (χ0v) is 15.7. The molecule has 1 aromatic rings. The molecular formula is C20H32O3. The molecule has 1 N–H and O–H groups in total. The van der Waals surface area contributed by atoms with Gasteiger partial charge in [-0.2, -0.15) is 0 Å². The van der Waals surface area contributed by atoms with Crippen LogP contribution in [0, 0.1) is 5.92 Å². The van der Waals surface area contributed by atoms with Crippen LogP contribution in [0.15, 0.2) is 18.2 Å². The number of ether oxygens (including phenoxy) is 1. The van der Waals surface area contributed by atoms with Crippen LogP contribution < -0.4 is 4.74 Å². The molecule has 1 atom stereocenters. The molecule has 0 aliphatic rings. The molecule has 23 heavy (non-hydrogen) atoms. The van der Waals surface area contributed by atoms with Gasteiger partial charge in [0.25, 0.3) is 0 Å². The van der Waals surface area contributed by atoms with Crippen LogP contribution in [0.1, 0.15) is 72.4 Å². The first-order chi connectivity index (χ1) is 10.5. The highest BCUT2D eigenvalue weighted by Crippen LogP contribution is 2.38. The van der Waals surface area contributed by atoms with Crippen LogP contribution in [0.25, 0.3) is 0 Å². The van der Waals surface area contributed by atoms with Gasteiger partial charge in [-0.15, -0.1) is 0 Å². The Labute approximate surface area is 141 Å². The minimum absolute atomic E-state index is 0.0123. The van der Waals surface area contributed by atoms with Gasteiger partial charge in [0, 0.05) is 5.56 Å². The van der Waals surface area contributed by atoms with Gasteiger partial charge in [0.15, 0.2) is 0 Å². The van der Waals surface area contributed by atoms with Gasteiger partial charge in [-0.1, -0.05) is 53.7 Å². The predicted octanol–water partition coefficient (Wildman–Crippen LogP) is 5.16. The highest BCUT2D eigenvalue weighted by molar-refractivity contribution is 5.69. The van der Waals surface area contributed by atoms with Crippen molar-refractivity contribution in [3.8, 4) is 5.75 Å². The molecule has 1 rings (SSSR count). The summed E-state index contributed by atoms with van der Waals surface area (Å²) in [7, 11) is 0. The van der Waals surface area contributed by atoms with Gasteiger partial charge in [0.2, 0.25) is 0 Å². The van der Waals surface area contributed by atoms with Crippen LogP contribution in [-0.4, -0.2) is 17.7 Å². The summed E-state index contributed by atoms with van der Waals surface area (Å²) in [4.78, 5) is 11.0. The molecule has 130 valence electrons. The molecular weight excluding hydrogens is 288 g/mol. The van der Waals surface area contributed by atoms with E-state index >= 15 is 0 Å². The summed E-state index contributed by atoms with van der Waals surface area (Å²) in [6.45, 7) is 15.1. The quantitative estimate of drug-likeness (QED) is 0.719. The first kappa shape index (κ1) is 19.5. The molecule has 0 aliphatic heterocycles. The number of benzene rings is 1. The third-order valence-electron chi connectivity index (χ3n) is 5.17. The minimum atomic E-state index is -0.829. The Bertz CT molecular complexity index is 544. The number of rotatable bonds is 8. The Kier molecular flexibility index (Phi) is 6.26. The minimum Gasteiger partial charge on any atom is -0.492 e. The predicted molar refractivity (Wildman–Crippen MR) is 95.4 cm³/mol. The van der Waals surface area contributed by atoms with E-state index in [0.29, 0.717) is 0 Å². The highest BCUT2D eigenvalue weighted by atomic mass is 16.5. The molecule has 0 saturated heterocycles. The first-order valence-electron chi connectivity index (χ1n) is 8.55. The standard InChI is InChI=1S/C20H32O3/c1-8-19(4,5)15-10-11-17(23-13-14(3)18(21)22)16(12-15)20(6,7)9-2/h10-12,14H,8-9,13H2,1-7H3,(H,21,22). The Morgan fingerprint density at radius 1 is 1.13 bits per heavy atom. The van der Waals surface area contributed by atoms with Crippen LogP contribution in [0.5, 0.6) is 5.75 Å². The van der Waals surface area contributed by atoms with Crippen molar-refractivity contribution in [3.63, 3.8) is 0 Å². The second-order valence-corrected chi connectivity index (χ2v) is 7.74. The number of hydrogen-bond acceptors (Lipinski definition) is 2.